The highest BCUT2D eigenvalue weighted by Gasteiger charge is 2.17. The van der Waals surface area contributed by atoms with Gasteiger partial charge in [0, 0.05) is 5.69 Å². The van der Waals surface area contributed by atoms with Gasteiger partial charge < -0.3 is 15.4 Å². The minimum Gasteiger partial charge on any atom is -0.494 e. The maximum atomic E-state index is 12.1. The minimum atomic E-state index is -0.780. The number of hydrogen-bond acceptors (Lipinski definition) is 3. The molecule has 0 radical (unpaired) electrons. The average molecular weight is 347 g/mol. The lowest BCUT2D eigenvalue weighted by molar-refractivity contribution is -0.133. The maximum Gasteiger partial charge on any atom is 0.314 e. The summed E-state index contributed by atoms with van der Waals surface area (Å²) in [4.78, 5) is 24.1. The van der Waals surface area contributed by atoms with Crippen LogP contribution in [0.25, 0.3) is 0 Å². The Labute approximate surface area is 146 Å². The number of ether oxygens (including phenoxy) is 1. The lowest BCUT2D eigenvalue weighted by Gasteiger charge is -2.12. The van der Waals surface area contributed by atoms with Gasteiger partial charge in [-0.2, -0.15) is 0 Å². The summed E-state index contributed by atoms with van der Waals surface area (Å²) in [5.41, 5.74) is 2.72. The monoisotopic (exact) mass is 346 g/mol. The second kappa shape index (κ2) is 7.84. The number of carbonyl (C=O) groups is 2. The van der Waals surface area contributed by atoms with Crippen LogP contribution in [0.5, 0.6) is 5.75 Å². The van der Waals surface area contributed by atoms with E-state index in [-0.39, 0.29) is 0 Å². The van der Waals surface area contributed by atoms with Crippen molar-refractivity contribution in [2.24, 2.45) is 0 Å². The molecule has 0 saturated heterocycles. The number of amides is 2. The molecule has 0 atom stereocenters. The molecule has 2 aromatic carbocycles. The molecule has 0 saturated carbocycles. The number of nitrogens with one attached hydrogen (secondary N) is 2. The van der Waals surface area contributed by atoms with Crippen LogP contribution in [0.15, 0.2) is 36.4 Å². The third-order valence-electron chi connectivity index (χ3n) is 3.30. The van der Waals surface area contributed by atoms with Crippen LogP contribution in [0.2, 0.25) is 5.02 Å². The molecule has 6 heteroatoms. The van der Waals surface area contributed by atoms with Gasteiger partial charge in [-0.1, -0.05) is 17.7 Å². The number of benzene rings is 2. The summed E-state index contributed by atoms with van der Waals surface area (Å²) in [7, 11) is 0. The summed E-state index contributed by atoms with van der Waals surface area (Å²) in [6.45, 7) is 6.17. The average Bonchev–Trinajstić information content (AvgIpc) is 2.52. The van der Waals surface area contributed by atoms with E-state index in [4.69, 9.17) is 16.3 Å². The fourth-order valence-corrected chi connectivity index (χ4v) is 2.60. The van der Waals surface area contributed by atoms with Gasteiger partial charge in [0.05, 0.1) is 17.3 Å². The quantitative estimate of drug-likeness (QED) is 0.824. The zero-order chi connectivity index (χ0) is 17.7. The SMILES string of the molecule is CCOc1ccc(NC(=O)C(=O)Nc2c(C)cc(C)cc2Cl)cc1. The second-order valence-electron chi connectivity index (χ2n) is 5.30. The molecule has 0 unspecified atom stereocenters. The van der Waals surface area contributed by atoms with Gasteiger partial charge in [0.2, 0.25) is 0 Å². The van der Waals surface area contributed by atoms with Crippen molar-refractivity contribution in [2.45, 2.75) is 20.8 Å². The summed E-state index contributed by atoms with van der Waals surface area (Å²) in [5, 5.41) is 5.48. The number of carbonyl (C=O) groups excluding carboxylic acids is 2. The second-order valence-corrected chi connectivity index (χ2v) is 5.71. The van der Waals surface area contributed by atoms with Gasteiger partial charge in [-0.05, 0) is 62.2 Å². The molecule has 2 aromatic rings. The molecule has 0 aliphatic rings. The lowest BCUT2D eigenvalue weighted by Crippen LogP contribution is -2.29. The van der Waals surface area contributed by atoms with Gasteiger partial charge in [-0.25, -0.2) is 0 Å². The molecular formula is C18H19ClN2O3. The normalized spacial score (nSPS) is 10.2. The Hall–Kier alpha value is -2.53. The third-order valence-corrected chi connectivity index (χ3v) is 3.60. The van der Waals surface area contributed by atoms with Crippen LogP contribution >= 0.6 is 11.6 Å². The minimum absolute atomic E-state index is 0.398. The van der Waals surface area contributed by atoms with Gasteiger partial charge in [0.1, 0.15) is 5.75 Å². The Morgan fingerprint density at radius 2 is 1.67 bits per heavy atom. The molecule has 0 aromatic heterocycles. The largest absolute Gasteiger partial charge is 0.494 e. The van der Waals surface area contributed by atoms with Crippen LogP contribution in [-0.4, -0.2) is 18.4 Å². The first-order valence-electron chi connectivity index (χ1n) is 7.52. The molecule has 24 heavy (non-hydrogen) atoms. The van der Waals surface area contributed by atoms with Crippen molar-refractivity contribution in [1.29, 1.82) is 0 Å². The topological polar surface area (TPSA) is 67.4 Å². The van der Waals surface area contributed by atoms with Crippen molar-refractivity contribution < 1.29 is 14.3 Å². The van der Waals surface area contributed by atoms with Crippen LogP contribution in [-0.2, 0) is 9.59 Å². The Morgan fingerprint density at radius 3 is 2.25 bits per heavy atom. The van der Waals surface area contributed by atoms with Gasteiger partial charge in [0.15, 0.2) is 0 Å². The van der Waals surface area contributed by atoms with Gasteiger partial charge in [0.25, 0.3) is 0 Å². The molecule has 2 rings (SSSR count). The van der Waals surface area contributed by atoms with Crippen molar-refractivity contribution in [3.63, 3.8) is 0 Å². The van der Waals surface area contributed by atoms with Gasteiger partial charge >= 0.3 is 11.8 Å². The molecule has 0 heterocycles. The van der Waals surface area contributed by atoms with Crippen LogP contribution in [0.1, 0.15) is 18.1 Å². The number of anilines is 2. The summed E-state index contributed by atoms with van der Waals surface area (Å²) < 4.78 is 5.32. The van der Waals surface area contributed by atoms with E-state index in [0.717, 1.165) is 11.1 Å². The van der Waals surface area contributed by atoms with Crippen molar-refractivity contribution >= 4 is 34.8 Å². The third kappa shape index (κ3) is 4.49. The molecule has 0 fully saturated rings. The van der Waals surface area contributed by atoms with Crippen LogP contribution < -0.4 is 15.4 Å². The fraction of sp³-hybridized carbons (Fsp3) is 0.222. The Bertz CT molecular complexity index is 734. The highest BCUT2D eigenvalue weighted by molar-refractivity contribution is 6.45. The molecule has 2 amide bonds. The highest BCUT2D eigenvalue weighted by Crippen LogP contribution is 2.27. The van der Waals surface area contributed by atoms with Crippen LogP contribution in [0, 0.1) is 13.8 Å². The maximum absolute atomic E-state index is 12.1. The molecule has 2 N–H and O–H groups in total. The zero-order valence-electron chi connectivity index (χ0n) is 13.8. The molecule has 0 aliphatic carbocycles. The Morgan fingerprint density at radius 1 is 1.04 bits per heavy atom. The number of aryl methyl sites for hydroxylation is 2. The summed E-state index contributed by atoms with van der Waals surface area (Å²) in [5.74, 6) is -0.852. The zero-order valence-corrected chi connectivity index (χ0v) is 14.5. The van der Waals surface area contributed by atoms with Crippen molar-refractivity contribution in [1.82, 2.24) is 0 Å². The van der Waals surface area contributed by atoms with Crippen LogP contribution in [0.4, 0.5) is 11.4 Å². The summed E-state index contributed by atoms with van der Waals surface area (Å²) >= 11 is 6.13. The van der Waals surface area contributed by atoms with E-state index in [1.165, 1.54) is 0 Å². The summed E-state index contributed by atoms with van der Waals surface area (Å²) in [6, 6.07) is 10.4. The summed E-state index contributed by atoms with van der Waals surface area (Å²) in [6.07, 6.45) is 0. The van der Waals surface area contributed by atoms with E-state index in [1.54, 1.807) is 30.3 Å². The molecule has 5 nitrogen and oxygen atoms in total. The molecular weight excluding hydrogens is 328 g/mol. The van der Waals surface area contributed by atoms with E-state index in [0.29, 0.717) is 28.8 Å². The molecule has 0 spiro atoms. The van der Waals surface area contributed by atoms with E-state index in [2.05, 4.69) is 10.6 Å². The highest BCUT2D eigenvalue weighted by atomic mass is 35.5. The number of rotatable bonds is 4. The van der Waals surface area contributed by atoms with Crippen molar-refractivity contribution in [2.75, 3.05) is 17.2 Å². The smallest absolute Gasteiger partial charge is 0.314 e. The molecule has 0 bridgehead atoms. The van der Waals surface area contributed by atoms with Gasteiger partial charge in [-0.15, -0.1) is 0 Å². The number of halogens is 1. The first kappa shape index (κ1) is 17.8. The van der Waals surface area contributed by atoms with E-state index in [9.17, 15) is 9.59 Å². The number of hydrogen-bond donors (Lipinski definition) is 2. The predicted molar refractivity (Wildman–Crippen MR) is 95.8 cm³/mol. The Kier molecular flexibility index (Phi) is 5.82. The van der Waals surface area contributed by atoms with Crippen LogP contribution in [0.3, 0.4) is 0 Å². The fourth-order valence-electron chi connectivity index (χ4n) is 2.23. The van der Waals surface area contributed by atoms with E-state index >= 15 is 0 Å². The van der Waals surface area contributed by atoms with Crippen molar-refractivity contribution in [3.8, 4) is 5.75 Å². The lowest BCUT2D eigenvalue weighted by atomic mass is 10.1. The molecule has 126 valence electrons. The van der Waals surface area contributed by atoms with Crippen molar-refractivity contribution in [3.05, 3.63) is 52.5 Å². The first-order chi connectivity index (χ1) is 11.4. The standard InChI is InChI=1S/C18H19ClN2O3/c1-4-24-14-7-5-13(6-8-14)20-17(22)18(23)21-16-12(3)9-11(2)10-15(16)19/h5-10H,4H2,1-3H3,(H,20,22)(H,21,23). The predicted octanol–water partition coefficient (Wildman–Crippen LogP) is 3.93. The Balaban J connectivity index is 2.03. The van der Waals surface area contributed by atoms with E-state index in [1.807, 2.05) is 26.8 Å². The molecule has 0 aliphatic heterocycles. The van der Waals surface area contributed by atoms with E-state index < -0.39 is 11.8 Å². The van der Waals surface area contributed by atoms with Gasteiger partial charge in [-0.3, -0.25) is 9.59 Å². The first-order valence-corrected chi connectivity index (χ1v) is 7.90.